The fourth-order valence-corrected chi connectivity index (χ4v) is 8.39. The number of esters is 2. The summed E-state index contributed by atoms with van der Waals surface area (Å²) >= 11 is 0. The van der Waals surface area contributed by atoms with Crippen LogP contribution in [0.4, 0.5) is 0 Å². The highest BCUT2D eigenvalue weighted by Gasteiger charge is 2.63. The van der Waals surface area contributed by atoms with Crippen molar-refractivity contribution in [2.24, 2.45) is 40.4 Å². The van der Waals surface area contributed by atoms with Crippen molar-refractivity contribution in [1.82, 2.24) is 0 Å². The number of aliphatic hydroxyl groups is 1. The molecule has 174 valence electrons. The van der Waals surface area contributed by atoms with Crippen LogP contribution in [-0.2, 0) is 23.9 Å². The molecule has 4 fully saturated rings. The van der Waals surface area contributed by atoms with Gasteiger partial charge in [-0.1, -0.05) is 13.8 Å². The van der Waals surface area contributed by atoms with E-state index in [4.69, 9.17) is 9.47 Å². The van der Waals surface area contributed by atoms with Gasteiger partial charge in [0, 0.05) is 25.7 Å². The van der Waals surface area contributed by atoms with Gasteiger partial charge in [0.15, 0.2) is 5.78 Å². The van der Waals surface area contributed by atoms with Crippen LogP contribution in [0.2, 0.25) is 0 Å². The zero-order chi connectivity index (χ0) is 22.6. The van der Waals surface area contributed by atoms with Gasteiger partial charge in [0.2, 0.25) is 0 Å². The standard InChI is InChI=1S/C25H38O6/c1-14(26)30-13-22(29)20-6-5-18-17-12-23(31-15(2)27)21-11-16(28)7-9-25(21,4)19(17)8-10-24(18,20)3/h16-21,23,28H,5-13H2,1-4H3/t16-,17+,18+,19+,20-,21+,23+,24+,25-/m1/s1. The Labute approximate surface area is 185 Å². The molecule has 4 saturated carbocycles. The molecular weight excluding hydrogens is 396 g/mol. The Morgan fingerprint density at radius 2 is 1.55 bits per heavy atom. The molecule has 0 unspecified atom stereocenters. The van der Waals surface area contributed by atoms with Gasteiger partial charge in [-0.15, -0.1) is 0 Å². The number of ketones is 1. The van der Waals surface area contributed by atoms with E-state index in [0.717, 1.165) is 44.9 Å². The molecular formula is C25H38O6. The predicted molar refractivity (Wildman–Crippen MR) is 114 cm³/mol. The van der Waals surface area contributed by atoms with Crippen LogP contribution in [0, 0.1) is 40.4 Å². The molecule has 0 amide bonds. The summed E-state index contributed by atoms with van der Waals surface area (Å²) in [6.45, 7) is 7.32. The first-order valence-corrected chi connectivity index (χ1v) is 12.1. The van der Waals surface area contributed by atoms with Crippen molar-refractivity contribution in [3.8, 4) is 0 Å². The lowest BCUT2D eigenvalue weighted by molar-refractivity contribution is -0.192. The number of hydrogen-bond donors (Lipinski definition) is 1. The smallest absolute Gasteiger partial charge is 0.303 e. The Morgan fingerprint density at radius 3 is 2.23 bits per heavy atom. The fraction of sp³-hybridized carbons (Fsp3) is 0.880. The Kier molecular flexibility index (Phi) is 5.99. The summed E-state index contributed by atoms with van der Waals surface area (Å²) < 4.78 is 10.9. The first-order chi connectivity index (χ1) is 14.6. The molecule has 4 aliphatic rings. The average Bonchev–Trinajstić information content (AvgIpc) is 3.04. The van der Waals surface area contributed by atoms with Crippen LogP contribution < -0.4 is 0 Å². The van der Waals surface area contributed by atoms with Gasteiger partial charge in [-0.3, -0.25) is 14.4 Å². The average molecular weight is 435 g/mol. The summed E-state index contributed by atoms with van der Waals surface area (Å²) in [7, 11) is 0. The van der Waals surface area contributed by atoms with Crippen LogP contribution >= 0.6 is 0 Å². The van der Waals surface area contributed by atoms with Crippen molar-refractivity contribution in [3.63, 3.8) is 0 Å². The largest absolute Gasteiger partial charge is 0.462 e. The first kappa shape index (κ1) is 22.8. The normalized spacial score (nSPS) is 46.3. The lowest BCUT2D eigenvalue weighted by Crippen LogP contribution is -2.59. The number of hydrogen-bond acceptors (Lipinski definition) is 6. The van der Waals surface area contributed by atoms with Crippen molar-refractivity contribution in [2.75, 3.05) is 6.61 Å². The Bertz CT molecular complexity index is 748. The van der Waals surface area contributed by atoms with Crippen LogP contribution in [0.5, 0.6) is 0 Å². The molecule has 4 rings (SSSR count). The summed E-state index contributed by atoms with van der Waals surface area (Å²) in [6.07, 6.45) is 6.80. The second kappa shape index (κ2) is 8.17. The number of Topliss-reactive ketones (excluding diaryl/α,β-unsaturated/α-hetero) is 1. The van der Waals surface area contributed by atoms with E-state index in [9.17, 15) is 19.5 Å². The number of aliphatic hydroxyl groups excluding tert-OH is 1. The SMILES string of the molecule is CC(=O)OCC(=O)[C@H]1CC[C@H]2[C@@H]3C[C@H](OC(C)=O)[C@@H]4C[C@H](O)CC[C@]4(C)[C@H]3CC[C@]12C. The molecule has 1 N–H and O–H groups in total. The Balaban J connectivity index is 1.60. The van der Waals surface area contributed by atoms with Gasteiger partial charge in [0.05, 0.1) is 6.10 Å². The van der Waals surface area contributed by atoms with E-state index in [1.54, 1.807) is 0 Å². The first-order valence-electron chi connectivity index (χ1n) is 12.1. The molecule has 0 radical (unpaired) electrons. The van der Waals surface area contributed by atoms with Gasteiger partial charge >= 0.3 is 11.9 Å². The number of fused-ring (bicyclic) bond motifs is 5. The Morgan fingerprint density at radius 1 is 0.871 bits per heavy atom. The van der Waals surface area contributed by atoms with Gasteiger partial charge in [-0.05, 0) is 80.0 Å². The van der Waals surface area contributed by atoms with E-state index < -0.39 is 5.97 Å². The molecule has 6 nitrogen and oxygen atoms in total. The number of carbonyl (C=O) groups excluding carboxylic acids is 3. The summed E-state index contributed by atoms with van der Waals surface area (Å²) in [4.78, 5) is 36.0. The number of carbonyl (C=O) groups is 3. The van der Waals surface area contributed by atoms with E-state index in [2.05, 4.69) is 13.8 Å². The van der Waals surface area contributed by atoms with Crippen molar-refractivity contribution < 1.29 is 29.0 Å². The maximum Gasteiger partial charge on any atom is 0.303 e. The summed E-state index contributed by atoms with van der Waals surface area (Å²) in [5.74, 6) is 0.911. The zero-order valence-electron chi connectivity index (χ0n) is 19.4. The van der Waals surface area contributed by atoms with Crippen LogP contribution in [-0.4, -0.2) is 41.6 Å². The van der Waals surface area contributed by atoms with Gasteiger partial charge in [0.1, 0.15) is 12.7 Å². The quantitative estimate of drug-likeness (QED) is 0.679. The van der Waals surface area contributed by atoms with Crippen molar-refractivity contribution >= 4 is 17.7 Å². The highest BCUT2D eigenvalue weighted by molar-refractivity contribution is 5.85. The third kappa shape index (κ3) is 3.83. The second-order valence-electron chi connectivity index (χ2n) is 11.2. The zero-order valence-corrected chi connectivity index (χ0v) is 19.4. The van der Waals surface area contributed by atoms with E-state index in [1.165, 1.54) is 13.8 Å². The molecule has 0 spiro atoms. The third-order valence-corrected chi connectivity index (χ3v) is 9.75. The molecule has 4 aliphatic carbocycles. The number of rotatable bonds is 4. The maximum atomic E-state index is 12.9. The highest BCUT2D eigenvalue weighted by Crippen LogP contribution is 2.67. The minimum atomic E-state index is -0.410. The molecule has 9 atom stereocenters. The van der Waals surface area contributed by atoms with Gasteiger partial charge in [-0.2, -0.15) is 0 Å². The molecule has 0 aromatic heterocycles. The monoisotopic (exact) mass is 434 g/mol. The minimum Gasteiger partial charge on any atom is -0.462 e. The summed E-state index contributed by atoms with van der Waals surface area (Å²) in [5, 5.41) is 10.4. The van der Waals surface area contributed by atoms with E-state index in [1.807, 2.05) is 0 Å². The third-order valence-electron chi connectivity index (χ3n) is 9.75. The van der Waals surface area contributed by atoms with E-state index >= 15 is 0 Å². The van der Waals surface area contributed by atoms with Gasteiger partial charge < -0.3 is 14.6 Å². The highest BCUT2D eigenvalue weighted by atomic mass is 16.5. The van der Waals surface area contributed by atoms with Gasteiger partial charge in [0.25, 0.3) is 0 Å². The predicted octanol–water partition coefficient (Wildman–Crippen LogP) is 3.68. The van der Waals surface area contributed by atoms with Crippen molar-refractivity contribution in [2.45, 2.75) is 91.3 Å². The molecule has 0 heterocycles. The van der Waals surface area contributed by atoms with Crippen molar-refractivity contribution in [1.29, 1.82) is 0 Å². The molecule has 0 saturated heterocycles. The molecule has 0 aromatic rings. The molecule has 6 heteroatoms. The van der Waals surface area contributed by atoms with Crippen molar-refractivity contribution in [3.05, 3.63) is 0 Å². The summed E-state index contributed by atoms with van der Waals surface area (Å²) in [5.41, 5.74) is -0.0278. The summed E-state index contributed by atoms with van der Waals surface area (Å²) in [6, 6.07) is 0. The van der Waals surface area contributed by atoms with E-state index in [0.29, 0.717) is 24.2 Å². The second-order valence-corrected chi connectivity index (χ2v) is 11.2. The molecule has 0 aromatic carbocycles. The van der Waals surface area contributed by atoms with Crippen LogP contribution in [0.25, 0.3) is 0 Å². The lowest BCUT2D eigenvalue weighted by Gasteiger charge is -2.62. The minimum absolute atomic E-state index is 0.0517. The molecule has 0 aliphatic heterocycles. The van der Waals surface area contributed by atoms with Crippen LogP contribution in [0.1, 0.15) is 79.1 Å². The fourth-order valence-electron chi connectivity index (χ4n) is 8.39. The maximum absolute atomic E-state index is 12.9. The van der Waals surface area contributed by atoms with Crippen LogP contribution in [0.15, 0.2) is 0 Å². The topological polar surface area (TPSA) is 89.9 Å². The lowest BCUT2D eigenvalue weighted by atomic mass is 9.44. The Hall–Kier alpha value is -1.43. The molecule has 0 bridgehead atoms. The van der Waals surface area contributed by atoms with Gasteiger partial charge in [-0.25, -0.2) is 0 Å². The number of ether oxygens (including phenoxy) is 2. The molecule has 31 heavy (non-hydrogen) atoms. The van der Waals surface area contributed by atoms with E-state index in [-0.39, 0.29) is 53.2 Å². The van der Waals surface area contributed by atoms with Crippen LogP contribution in [0.3, 0.4) is 0 Å².